The van der Waals surface area contributed by atoms with Crippen molar-refractivity contribution >= 4 is 0 Å². The second kappa shape index (κ2) is 10.4. The highest BCUT2D eigenvalue weighted by Gasteiger charge is 2.16. The first-order valence-electron chi connectivity index (χ1n) is 7.75. The first-order valence-corrected chi connectivity index (χ1v) is 7.75. The quantitative estimate of drug-likeness (QED) is 0.679. The third kappa shape index (κ3) is 5.83. The van der Waals surface area contributed by atoms with E-state index < -0.39 is 0 Å². The van der Waals surface area contributed by atoms with E-state index in [2.05, 4.69) is 11.8 Å². The zero-order valence-corrected chi connectivity index (χ0v) is 14.2. The maximum Gasteiger partial charge on any atom is 0.165 e. The minimum atomic E-state index is -0.321. The molecule has 0 aliphatic heterocycles. The number of ether oxygens (including phenoxy) is 3. The summed E-state index contributed by atoms with van der Waals surface area (Å²) in [5.41, 5.74) is 1.04. The van der Waals surface area contributed by atoms with Gasteiger partial charge in [0.1, 0.15) is 0 Å². The molecular formula is C17H29NO4. The van der Waals surface area contributed by atoms with E-state index >= 15 is 0 Å². The van der Waals surface area contributed by atoms with Crippen LogP contribution in [-0.4, -0.2) is 57.1 Å². The van der Waals surface area contributed by atoms with Crippen molar-refractivity contribution in [1.82, 2.24) is 4.90 Å². The van der Waals surface area contributed by atoms with E-state index in [1.165, 1.54) is 0 Å². The van der Waals surface area contributed by atoms with Crippen LogP contribution in [0.3, 0.4) is 0 Å². The first kappa shape index (κ1) is 18.7. The highest BCUT2D eigenvalue weighted by Crippen LogP contribution is 2.31. The minimum Gasteiger partial charge on any atom is -0.493 e. The normalized spacial score (nSPS) is 12.5. The lowest BCUT2D eigenvalue weighted by Crippen LogP contribution is -2.34. The number of hydrogen-bond acceptors (Lipinski definition) is 5. The Labute approximate surface area is 133 Å². The number of rotatable bonds is 11. The Morgan fingerprint density at radius 1 is 1.18 bits per heavy atom. The number of benzene rings is 1. The molecule has 22 heavy (non-hydrogen) atoms. The lowest BCUT2D eigenvalue weighted by Gasteiger charge is -2.26. The van der Waals surface area contributed by atoms with Crippen molar-refractivity contribution in [2.75, 3.05) is 41.0 Å². The standard InChI is InChI=1S/C17H29NO4/c1-5-7-15(19)13-18(10-11-20-2)12-14-8-6-9-16(21-3)17(14)22-4/h6,8-9,15,19H,5,7,10-13H2,1-4H3/t15-/m0/s1. The molecule has 1 atom stereocenters. The van der Waals surface area contributed by atoms with Gasteiger partial charge >= 0.3 is 0 Å². The van der Waals surface area contributed by atoms with E-state index in [-0.39, 0.29) is 6.10 Å². The fourth-order valence-electron chi connectivity index (χ4n) is 2.50. The van der Waals surface area contributed by atoms with Crippen LogP contribution in [0.2, 0.25) is 0 Å². The van der Waals surface area contributed by atoms with Crippen LogP contribution in [0.4, 0.5) is 0 Å². The third-order valence-corrected chi connectivity index (χ3v) is 3.58. The Kier molecular flexibility index (Phi) is 8.89. The molecule has 0 aliphatic carbocycles. The van der Waals surface area contributed by atoms with Crippen molar-refractivity contribution in [3.8, 4) is 11.5 Å². The van der Waals surface area contributed by atoms with Crippen molar-refractivity contribution in [2.45, 2.75) is 32.4 Å². The molecule has 1 aromatic carbocycles. The molecule has 0 aromatic heterocycles. The smallest absolute Gasteiger partial charge is 0.165 e. The fraction of sp³-hybridized carbons (Fsp3) is 0.647. The topological polar surface area (TPSA) is 51.2 Å². The van der Waals surface area contributed by atoms with Gasteiger partial charge in [-0.1, -0.05) is 25.5 Å². The average molecular weight is 311 g/mol. The monoisotopic (exact) mass is 311 g/mol. The predicted octanol–water partition coefficient (Wildman–Crippen LogP) is 2.31. The molecule has 0 unspecified atom stereocenters. The number of aliphatic hydroxyl groups excluding tert-OH is 1. The molecule has 0 heterocycles. The second-order valence-electron chi connectivity index (χ2n) is 5.32. The molecule has 0 radical (unpaired) electrons. The highest BCUT2D eigenvalue weighted by atomic mass is 16.5. The number of methoxy groups -OCH3 is 3. The molecule has 1 N–H and O–H groups in total. The van der Waals surface area contributed by atoms with Gasteiger partial charge in [0, 0.05) is 32.3 Å². The Bertz CT molecular complexity index is 425. The van der Waals surface area contributed by atoms with E-state index in [0.29, 0.717) is 19.7 Å². The summed E-state index contributed by atoms with van der Waals surface area (Å²) in [7, 11) is 4.97. The van der Waals surface area contributed by atoms with E-state index in [1.807, 2.05) is 18.2 Å². The number of hydrogen-bond donors (Lipinski definition) is 1. The van der Waals surface area contributed by atoms with Gasteiger partial charge in [0.25, 0.3) is 0 Å². The molecule has 0 spiro atoms. The van der Waals surface area contributed by atoms with Gasteiger partial charge in [-0.05, 0) is 12.5 Å². The Morgan fingerprint density at radius 2 is 1.95 bits per heavy atom. The lowest BCUT2D eigenvalue weighted by atomic mass is 10.1. The third-order valence-electron chi connectivity index (χ3n) is 3.58. The van der Waals surface area contributed by atoms with Gasteiger partial charge in [-0.3, -0.25) is 4.90 Å². The van der Waals surface area contributed by atoms with Crippen LogP contribution in [0, 0.1) is 0 Å². The summed E-state index contributed by atoms with van der Waals surface area (Å²) < 4.78 is 16.0. The predicted molar refractivity (Wildman–Crippen MR) is 87.6 cm³/mol. The number of nitrogens with zero attached hydrogens (tertiary/aromatic N) is 1. The van der Waals surface area contributed by atoms with E-state index in [9.17, 15) is 5.11 Å². The summed E-state index contributed by atoms with van der Waals surface area (Å²) in [6.45, 7) is 4.78. The molecule has 5 heteroatoms. The van der Waals surface area contributed by atoms with Crippen molar-refractivity contribution in [2.24, 2.45) is 0 Å². The lowest BCUT2D eigenvalue weighted by molar-refractivity contribution is 0.0795. The molecule has 0 fully saturated rings. The zero-order chi connectivity index (χ0) is 16.4. The molecule has 1 aromatic rings. The summed E-state index contributed by atoms with van der Waals surface area (Å²) in [4.78, 5) is 2.18. The summed E-state index contributed by atoms with van der Waals surface area (Å²) in [6, 6.07) is 5.86. The summed E-state index contributed by atoms with van der Waals surface area (Å²) in [6.07, 6.45) is 1.46. The Hall–Kier alpha value is -1.30. The van der Waals surface area contributed by atoms with Gasteiger partial charge in [0.15, 0.2) is 11.5 Å². The summed E-state index contributed by atoms with van der Waals surface area (Å²) >= 11 is 0. The van der Waals surface area contributed by atoms with Crippen LogP contribution in [0.25, 0.3) is 0 Å². The van der Waals surface area contributed by atoms with Gasteiger partial charge in [0.2, 0.25) is 0 Å². The minimum absolute atomic E-state index is 0.321. The van der Waals surface area contributed by atoms with Crippen LogP contribution in [0.5, 0.6) is 11.5 Å². The molecule has 0 amide bonds. The largest absolute Gasteiger partial charge is 0.493 e. The molecule has 126 valence electrons. The van der Waals surface area contributed by atoms with Crippen LogP contribution < -0.4 is 9.47 Å². The molecule has 0 saturated carbocycles. The van der Waals surface area contributed by atoms with Crippen LogP contribution in [0.1, 0.15) is 25.3 Å². The zero-order valence-electron chi connectivity index (χ0n) is 14.2. The average Bonchev–Trinajstić information content (AvgIpc) is 2.52. The van der Waals surface area contributed by atoms with Crippen molar-refractivity contribution in [3.05, 3.63) is 23.8 Å². The van der Waals surface area contributed by atoms with Gasteiger partial charge in [-0.15, -0.1) is 0 Å². The van der Waals surface area contributed by atoms with Crippen molar-refractivity contribution < 1.29 is 19.3 Å². The number of para-hydroxylation sites is 1. The first-order chi connectivity index (χ1) is 10.7. The van der Waals surface area contributed by atoms with Crippen molar-refractivity contribution in [3.63, 3.8) is 0 Å². The van der Waals surface area contributed by atoms with Crippen LogP contribution >= 0.6 is 0 Å². The van der Waals surface area contributed by atoms with Gasteiger partial charge < -0.3 is 19.3 Å². The van der Waals surface area contributed by atoms with Crippen LogP contribution in [0.15, 0.2) is 18.2 Å². The van der Waals surface area contributed by atoms with E-state index in [1.54, 1.807) is 21.3 Å². The highest BCUT2D eigenvalue weighted by molar-refractivity contribution is 5.46. The molecule has 1 rings (SSSR count). The Balaban J connectivity index is 2.83. The van der Waals surface area contributed by atoms with Gasteiger partial charge in [-0.2, -0.15) is 0 Å². The molecule has 5 nitrogen and oxygen atoms in total. The van der Waals surface area contributed by atoms with Crippen LogP contribution in [-0.2, 0) is 11.3 Å². The Morgan fingerprint density at radius 3 is 2.55 bits per heavy atom. The molecular weight excluding hydrogens is 282 g/mol. The number of aliphatic hydroxyl groups is 1. The SMILES string of the molecule is CCC[C@H](O)CN(CCOC)Cc1cccc(OC)c1OC. The fourth-order valence-corrected chi connectivity index (χ4v) is 2.50. The summed E-state index contributed by atoms with van der Waals surface area (Å²) in [5.74, 6) is 1.47. The van der Waals surface area contributed by atoms with E-state index in [0.717, 1.165) is 36.4 Å². The molecule has 0 bridgehead atoms. The maximum atomic E-state index is 10.1. The van der Waals surface area contributed by atoms with Crippen molar-refractivity contribution in [1.29, 1.82) is 0 Å². The second-order valence-corrected chi connectivity index (χ2v) is 5.32. The van der Waals surface area contributed by atoms with Gasteiger partial charge in [-0.25, -0.2) is 0 Å². The van der Waals surface area contributed by atoms with Gasteiger partial charge in [0.05, 0.1) is 26.9 Å². The maximum absolute atomic E-state index is 10.1. The van der Waals surface area contributed by atoms with E-state index in [4.69, 9.17) is 14.2 Å². The molecule has 0 saturated heterocycles. The summed E-state index contributed by atoms with van der Waals surface area (Å²) in [5, 5.41) is 10.1. The molecule has 0 aliphatic rings.